The summed E-state index contributed by atoms with van der Waals surface area (Å²) < 4.78 is 22.1. The third-order valence-corrected chi connectivity index (χ3v) is 6.19. The summed E-state index contributed by atoms with van der Waals surface area (Å²) in [6.07, 6.45) is 3.85. The first-order valence-corrected chi connectivity index (χ1v) is 11.6. The number of ether oxygens (including phenoxy) is 1. The van der Waals surface area contributed by atoms with Crippen LogP contribution >= 0.6 is 0 Å². The van der Waals surface area contributed by atoms with E-state index in [1.54, 1.807) is 12.5 Å². The van der Waals surface area contributed by atoms with E-state index in [1.807, 2.05) is 54.9 Å². The Kier molecular flexibility index (Phi) is 5.53. The summed E-state index contributed by atoms with van der Waals surface area (Å²) in [5.74, 6) is 2.32. The van der Waals surface area contributed by atoms with Crippen LogP contribution in [0.15, 0.2) is 55.2 Å². The van der Waals surface area contributed by atoms with E-state index in [-0.39, 0.29) is 6.04 Å². The number of rotatable bonds is 6. The molecule has 2 atom stereocenters. The monoisotopic (exact) mass is 485 g/mol. The lowest BCUT2D eigenvalue weighted by atomic mass is 10.2. The summed E-state index contributed by atoms with van der Waals surface area (Å²) in [6, 6.07) is 11.3. The van der Waals surface area contributed by atoms with Crippen molar-refractivity contribution in [1.29, 1.82) is 0 Å². The Morgan fingerprint density at radius 1 is 1.06 bits per heavy atom. The van der Waals surface area contributed by atoms with Gasteiger partial charge < -0.3 is 25.3 Å². The van der Waals surface area contributed by atoms with Crippen molar-refractivity contribution < 1.29 is 9.13 Å². The summed E-state index contributed by atoms with van der Waals surface area (Å²) in [7, 11) is 1.96. The Balaban J connectivity index is 1.23. The van der Waals surface area contributed by atoms with Gasteiger partial charge in [-0.2, -0.15) is 0 Å². The van der Waals surface area contributed by atoms with Gasteiger partial charge >= 0.3 is 0 Å². The van der Waals surface area contributed by atoms with Crippen molar-refractivity contribution in [3.63, 3.8) is 0 Å². The zero-order chi connectivity index (χ0) is 24.6. The summed E-state index contributed by atoms with van der Waals surface area (Å²) in [5.41, 5.74) is 4.81. The summed E-state index contributed by atoms with van der Waals surface area (Å²) in [6.45, 7) is 2.81. The van der Waals surface area contributed by atoms with Gasteiger partial charge in [0.1, 0.15) is 35.0 Å². The first-order valence-electron chi connectivity index (χ1n) is 11.6. The minimum Gasteiger partial charge on any atom is -0.457 e. The molecule has 36 heavy (non-hydrogen) atoms. The van der Waals surface area contributed by atoms with E-state index in [4.69, 9.17) is 4.74 Å². The number of halogens is 1. The van der Waals surface area contributed by atoms with Gasteiger partial charge in [0, 0.05) is 31.9 Å². The molecule has 3 N–H and O–H groups in total. The minimum absolute atomic E-state index is 0.317. The highest BCUT2D eigenvalue weighted by molar-refractivity contribution is 5.87. The molecular formula is C25H24FN9O. The van der Waals surface area contributed by atoms with Crippen LogP contribution in [-0.2, 0) is 7.05 Å². The number of benzene rings is 2. The summed E-state index contributed by atoms with van der Waals surface area (Å²) >= 11 is 0. The van der Waals surface area contributed by atoms with Gasteiger partial charge in [0.15, 0.2) is 5.82 Å². The average Bonchev–Trinajstić information content (AvgIpc) is 3.46. The zero-order valence-electron chi connectivity index (χ0n) is 19.7. The average molecular weight is 486 g/mol. The fraction of sp³-hybridized carbons (Fsp3) is 0.240. The van der Waals surface area contributed by atoms with Gasteiger partial charge in [0.2, 0.25) is 5.95 Å². The SMILES string of the molecule is Cc1cc(Nc2ncnc3cnc(N[C@H]4CNC[C@H]4F)nc23)ccc1Oc1ccc2c(c1)ncn2C. The lowest BCUT2D eigenvalue weighted by Crippen LogP contribution is -2.30. The maximum Gasteiger partial charge on any atom is 0.223 e. The Labute approximate surface area is 206 Å². The normalized spacial score (nSPS) is 17.5. The standard InChI is InChI=1S/C25H24FN9O/c1-14-7-15(3-6-22(14)36-16-4-5-21-18(8-16)31-13-35(21)2)32-24-23-20(29-12-30-24)11-28-25(34-23)33-19-10-27-9-17(19)26/h3-8,11-13,17,19,27H,9-10H2,1-2H3,(H,28,33,34)(H,29,30,32)/t17-,19+/m1/s1. The van der Waals surface area contributed by atoms with Gasteiger partial charge in [-0.15, -0.1) is 0 Å². The van der Waals surface area contributed by atoms with Crippen LogP contribution in [0.25, 0.3) is 22.1 Å². The second kappa shape index (κ2) is 9.00. The molecule has 0 unspecified atom stereocenters. The number of nitrogens with zero attached hydrogens (tertiary/aromatic N) is 6. The third kappa shape index (κ3) is 4.24. The largest absolute Gasteiger partial charge is 0.457 e. The lowest BCUT2D eigenvalue weighted by molar-refractivity contribution is 0.342. The maximum absolute atomic E-state index is 14.0. The first-order chi connectivity index (χ1) is 17.5. The molecule has 2 aromatic carbocycles. The number of anilines is 3. The predicted molar refractivity (Wildman–Crippen MR) is 136 cm³/mol. The molecule has 5 aromatic rings. The van der Waals surface area contributed by atoms with E-state index < -0.39 is 6.17 Å². The number of hydrogen-bond acceptors (Lipinski definition) is 9. The van der Waals surface area contributed by atoms with E-state index in [0.717, 1.165) is 33.8 Å². The highest BCUT2D eigenvalue weighted by Gasteiger charge is 2.27. The topological polar surface area (TPSA) is 115 Å². The maximum atomic E-state index is 14.0. The van der Waals surface area contributed by atoms with E-state index in [1.165, 1.54) is 6.33 Å². The van der Waals surface area contributed by atoms with E-state index >= 15 is 0 Å². The molecule has 1 aliphatic rings. The van der Waals surface area contributed by atoms with Crippen molar-refractivity contribution in [2.45, 2.75) is 19.1 Å². The quantitative estimate of drug-likeness (QED) is 0.330. The first kappa shape index (κ1) is 22.1. The van der Waals surface area contributed by atoms with Gasteiger partial charge in [0.05, 0.1) is 29.6 Å². The molecule has 3 aromatic heterocycles. The van der Waals surface area contributed by atoms with Crippen molar-refractivity contribution in [3.8, 4) is 11.5 Å². The Bertz CT molecular complexity index is 1570. The number of alkyl halides is 1. The van der Waals surface area contributed by atoms with Gasteiger partial charge in [-0.1, -0.05) is 0 Å². The van der Waals surface area contributed by atoms with Crippen LogP contribution in [-0.4, -0.2) is 54.8 Å². The Hall–Kier alpha value is -4.38. The predicted octanol–water partition coefficient (Wildman–Crippen LogP) is 3.87. The number of aryl methyl sites for hydroxylation is 2. The van der Waals surface area contributed by atoms with Crippen LogP contribution in [0, 0.1) is 6.92 Å². The van der Waals surface area contributed by atoms with Crippen molar-refractivity contribution in [2.24, 2.45) is 7.05 Å². The van der Waals surface area contributed by atoms with Crippen molar-refractivity contribution in [1.82, 2.24) is 34.8 Å². The number of aromatic nitrogens is 6. The molecule has 0 radical (unpaired) electrons. The second-order valence-electron chi connectivity index (χ2n) is 8.79. The molecule has 0 aliphatic carbocycles. The molecule has 6 rings (SSSR count). The Morgan fingerprint density at radius 3 is 2.81 bits per heavy atom. The van der Waals surface area contributed by atoms with Crippen LogP contribution in [0.3, 0.4) is 0 Å². The van der Waals surface area contributed by atoms with Crippen molar-refractivity contribution in [2.75, 3.05) is 23.7 Å². The van der Waals surface area contributed by atoms with Crippen LogP contribution in [0.5, 0.6) is 11.5 Å². The summed E-state index contributed by atoms with van der Waals surface area (Å²) in [4.78, 5) is 21.9. The van der Waals surface area contributed by atoms with Crippen LogP contribution < -0.4 is 20.7 Å². The smallest absolute Gasteiger partial charge is 0.223 e. The van der Waals surface area contributed by atoms with Gasteiger partial charge in [-0.25, -0.2) is 29.3 Å². The zero-order valence-corrected chi connectivity index (χ0v) is 19.7. The van der Waals surface area contributed by atoms with Gasteiger partial charge in [-0.05, 0) is 42.8 Å². The molecule has 182 valence electrons. The van der Waals surface area contributed by atoms with Gasteiger partial charge in [0.25, 0.3) is 0 Å². The Morgan fingerprint density at radius 2 is 1.97 bits per heavy atom. The van der Waals surface area contributed by atoms with Crippen LogP contribution in [0.4, 0.5) is 21.8 Å². The summed E-state index contributed by atoms with van der Waals surface area (Å²) in [5, 5.41) is 9.38. The van der Waals surface area contributed by atoms with Crippen LogP contribution in [0.2, 0.25) is 0 Å². The van der Waals surface area contributed by atoms with E-state index in [9.17, 15) is 4.39 Å². The second-order valence-corrected chi connectivity index (χ2v) is 8.79. The molecule has 0 bridgehead atoms. The molecule has 0 amide bonds. The minimum atomic E-state index is -0.997. The van der Waals surface area contributed by atoms with Gasteiger partial charge in [-0.3, -0.25) is 0 Å². The number of fused-ring (bicyclic) bond motifs is 2. The molecule has 0 spiro atoms. The van der Waals surface area contributed by atoms with E-state index in [2.05, 4.69) is 40.9 Å². The van der Waals surface area contributed by atoms with Crippen molar-refractivity contribution in [3.05, 3.63) is 60.8 Å². The fourth-order valence-electron chi connectivity index (χ4n) is 4.25. The molecule has 1 aliphatic heterocycles. The molecule has 1 fully saturated rings. The lowest BCUT2D eigenvalue weighted by Gasteiger charge is -2.15. The van der Waals surface area contributed by atoms with Crippen LogP contribution in [0.1, 0.15) is 5.56 Å². The molecule has 4 heterocycles. The molecule has 1 saturated heterocycles. The number of nitrogens with one attached hydrogen (secondary N) is 3. The highest BCUT2D eigenvalue weighted by atomic mass is 19.1. The van der Waals surface area contributed by atoms with E-state index in [0.29, 0.717) is 35.9 Å². The fourth-order valence-corrected chi connectivity index (χ4v) is 4.25. The molecule has 11 heteroatoms. The molecule has 0 saturated carbocycles. The molecule has 10 nitrogen and oxygen atoms in total. The third-order valence-electron chi connectivity index (χ3n) is 6.19. The van der Waals surface area contributed by atoms with Crippen molar-refractivity contribution >= 4 is 39.5 Å². The number of hydrogen-bond donors (Lipinski definition) is 3. The number of imidazole rings is 1. The molecular weight excluding hydrogens is 461 g/mol. The highest BCUT2D eigenvalue weighted by Crippen LogP contribution is 2.31.